The molecule has 0 saturated heterocycles. The van der Waals surface area contributed by atoms with Gasteiger partial charge in [0, 0.05) is 18.5 Å². The molecule has 3 rings (SSSR count). The standard InChI is InChI=1S/C12H10N4O2S2/c17-20(18,9-3-1-5-13-8-9)16-12-7-10(14-15-12)11-4-2-6-19-11/h1-8H,(H2,14,15,16). The molecule has 3 heterocycles. The van der Waals surface area contributed by atoms with Crippen LogP contribution in [0.2, 0.25) is 0 Å². The maximum atomic E-state index is 12.1. The van der Waals surface area contributed by atoms with Crippen LogP contribution in [-0.4, -0.2) is 23.6 Å². The van der Waals surface area contributed by atoms with Crippen molar-refractivity contribution >= 4 is 27.2 Å². The summed E-state index contributed by atoms with van der Waals surface area (Å²) in [5, 5.41) is 8.69. The van der Waals surface area contributed by atoms with Crippen LogP contribution in [0.15, 0.2) is 53.0 Å². The largest absolute Gasteiger partial charge is 0.275 e. The number of hydrogen-bond acceptors (Lipinski definition) is 5. The van der Waals surface area contributed by atoms with Gasteiger partial charge in [0.15, 0.2) is 5.82 Å². The number of H-pyrrole nitrogens is 1. The van der Waals surface area contributed by atoms with Crippen LogP contribution in [0.5, 0.6) is 0 Å². The van der Waals surface area contributed by atoms with Crippen LogP contribution in [0.3, 0.4) is 0 Å². The second kappa shape index (κ2) is 5.06. The Labute approximate surface area is 119 Å². The fourth-order valence-corrected chi connectivity index (χ4v) is 3.28. The van der Waals surface area contributed by atoms with Crippen molar-refractivity contribution in [1.29, 1.82) is 0 Å². The van der Waals surface area contributed by atoms with Gasteiger partial charge in [0.1, 0.15) is 4.90 Å². The van der Waals surface area contributed by atoms with Crippen molar-refractivity contribution in [2.24, 2.45) is 0 Å². The van der Waals surface area contributed by atoms with Crippen molar-refractivity contribution in [1.82, 2.24) is 15.2 Å². The Morgan fingerprint density at radius 3 is 2.85 bits per heavy atom. The first kappa shape index (κ1) is 12.8. The summed E-state index contributed by atoms with van der Waals surface area (Å²) in [6.07, 6.45) is 2.80. The van der Waals surface area contributed by atoms with E-state index in [4.69, 9.17) is 0 Å². The molecule has 102 valence electrons. The molecule has 0 aliphatic heterocycles. The lowest BCUT2D eigenvalue weighted by Gasteiger charge is -2.03. The number of anilines is 1. The number of rotatable bonds is 4. The van der Waals surface area contributed by atoms with E-state index in [-0.39, 0.29) is 10.7 Å². The van der Waals surface area contributed by atoms with Crippen LogP contribution >= 0.6 is 11.3 Å². The Bertz CT molecular complexity index is 795. The van der Waals surface area contributed by atoms with Crippen molar-refractivity contribution in [3.8, 4) is 10.6 Å². The van der Waals surface area contributed by atoms with Crippen LogP contribution in [-0.2, 0) is 10.0 Å². The Balaban J connectivity index is 1.85. The van der Waals surface area contributed by atoms with Gasteiger partial charge in [-0.25, -0.2) is 8.42 Å². The van der Waals surface area contributed by atoms with Crippen LogP contribution in [0, 0.1) is 0 Å². The lowest BCUT2D eigenvalue weighted by molar-refractivity contribution is 0.600. The van der Waals surface area contributed by atoms with Gasteiger partial charge in [0.25, 0.3) is 10.0 Å². The number of hydrogen-bond donors (Lipinski definition) is 2. The van der Waals surface area contributed by atoms with Gasteiger partial charge in [0.2, 0.25) is 0 Å². The zero-order valence-corrected chi connectivity index (χ0v) is 11.8. The summed E-state index contributed by atoms with van der Waals surface area (Å²) < 4.78 is 26.6. The molecule has 6 nitrogen and oxygen atoms in total. The molecule has 0 amide bonds. The highest BCUT2D eigenvalue weighted by molar-refractivity contribution is 7.92. The van der Waals surface area contributed by atoms with Gasteiger partial charge in [-0.15, -0.1) is 11.3 Å². The van der Waals surface area contributed by atoms with Crippen molar-refractivity contribution in [2.45, 2.75) is 4.90 Å². The maximum absolute atomic E-state index is 12.1. The average Bonchev–Trinajstić information content (AvgIpc) is 3.10. The smallest absolute Gasteiger partial charge is 0.264 e. The summed E-state index contributed by atoms with van der Waals surface area (Å²) in [6.45, 7) is 0. The Hall–Kier alpha value is -2.19. The Morgan fingerprint density at radius 1 is 1.25 bits per heavy atom. The van der Waals surface area contributed by atoms with Gasteiger partial charge in [-0.3, -0.25) is 14.8 Å². The number of pyridine rings is 1. The van der Waals surface area contributed by atoms with Crippen molar-refractivity contribution in [3.05, 3.63) is 48.1 Å². The van der Waals surface area contributed by atoms with Gasteiger partial charge < -0.3 is 0 Å². The number of aromatic amines is 1. The van der Waals surface area contributed by atoms with E-state index in [1.165, 1.54) is 18.5 Å². The summed E-state index contributed by atoms with van der Waals surface area (Å²) >= 11 is 1.55. The van der Waals surface area contributed by atoms with Gasteiger partial charge in [-0.05, 0) is 23.6 Å². The minimum absolute atomic E-state index is 0.0978. The van der Waals surface area contributed by atoms with E-state index in [2.05, 4.69) is 19.9 Å². The number of thiophene rings is 1. The molecular formula is C12H10N4O2S2. The molecule has 0 aliphatic carbocycles. The third-order valence-corrected chi connectivity index (χ3v) is 4.79. The van der Waals surface area contributed by atoms with Crippen molar-refractivity contribution in [2.75, 3.05) is 4.72 Å². The van der Waals surface area contributed by atoms with E-state index in [1.54, 1.807) is 23.5 Å². The van der Waals surface area contributed by atoms with Crippen LogP contribution < -0.4 is 4.72 Å². The zero-order valence-electron chi connectivity index (χ0n) is 10.1. The lowest BCUT2D eigenvalue weighted by Crippen LogP contribution is -2.13. The molecule has 2 N–H and O–H groups in total. The second-order valence-electron chi connectivity index (χ2n) is 3.94. The molecule has 0 atom stereocenters. The molecule has 0 radical (unpaired) electrons. The first-order chi connectivity index (χ1) is 9.65. The predicted molar refractivity (Wildman–Crippen MR) is 76.9 cm³/mol. The molecule has 0 saturated carbocycles. The highest BCUT2D eigenvalue weighted by Crippen LogP contribution is 2.25. The average molecular weight is 306 g/mol. The second-order valence-corrected chi connectivity index (χ2v) is 6.57. The SMILES string of the molecule is O=S(=O)(Nc1cc(-c2cccs2)[nH]n1)c1cccnc1. The van der Waals surface area contributed by atoms with E-state index in [0.29, 0.717) is 0 Å². The van der Waals surface area contributed by atoms with E-state index < -0.39 is 10.0 Å². The first-order valence-corrected chi connectivity index (χ1v) is 8.03. The summed E-state index contributed by atoms with van der Waals surface area (Å²) in [5.74, 6) is 0.247. The predicted octanol–water partition coefficient (Wildman–Crippen LogP) is 2.33. The van der Waals surface area contributed by atoms with Gasteiger partial charge >= 0.3 is 0 Å². The van der Waals surface area contributed by atoms with Crippen molar-refractivity contribution < 1.29 is 8.42 Å². The number of nitrogens with one attached hydrogen (secondary N) is 2. The monoisotopic (exact) mass is 306 g/mol. The summed E-state index contributed by atoms with van der Waals surface area (Å²) in [7, 11) is -3.66. The molecule has 0 bridgehead atoms. The third kappa shape index (κ3) is 2.56. The zero-order chi connectivity index (χ0) is 14.0. The van der Waals surface area contributed by atoms with E-state index in [0.717, 1.165) is 10.6 Å². The molecule has 3 aromatic heterocycles. The molecule has 20 heavy (non-hydrogen) atoms. The fourth-order valence-electron chi connectivity index (χ4n) is 1.63. The molecule has 8 heteroatoms. The third-order valence-electron chi connectivity index (χ3n) is 2.55. The van der Waals surface area contributed by atoms with Crippen molar-refractivity contribution in [3.63, 3.8) is 0 Å². The number of sulfonamides is 1. The van der Waals surface area contributed by atoms with Gasteiger partial charge in [0.05, 0.1) is 10.6 Å². The molecular weight excluding hydrogens is 296 g/mol. The summed E-state index contributed by atoms with van der Waals surface area (Å²) in [6, 6.07) is 8.54. The maximum Gasteiger partial charge on any atom is 0.264 e. The normalized spacial score (nSPS) is 11.4. The molecule has 0 fully saturated rings. The van der Waals surface area contributed by atoms with Crippen LogP contribution in [0.25, 0.3) is 10.6 Å². The topological polar surface area (TPSA) is 87.7 Å². The van der Waals surface area contributed by atoms with E-state index in [9.17, 15) is 8.42 Å². The minimum Gasteiger partial charge on any atom is -0.275 e. The number of nitrogens with zero attached hydrogens (tertiary/aromatic N) is 2. The summed E-state index contributed by atoms with van der Waals surface area (Å²) in [4.78, 5) is 4.88. The van der Waals surface area contributed by atoms with E-state index >= 15 is 0 Å². The quantitative estimate of drug-likeness (QED) is 0.774. The van der Waals surface area contributed by atoms with Crippen LogP contribution in [0.1, 0.15) is 0 Å². The number of aromatic nitrogens is 3. The lowest BCUT2D eigenvalue weighted by atomic mass is 10.3. The van der Waals surface area contributed by atoms with Crippen LogP contribution in [0.4, 0.5) is 5.82 Å². The summed E-state index contributed by atoms with van der Waals surface area (Å²) in [5.41, 5.74) is 0.767. The fraction of sp³-hybridized carbons (Fsp3) is 0. The highest BCUT2D eigenvalue weighted by Gasteiger charge is 2.16. The van der Waals surface area contributed by atoms with Gasteiger partial charge in [-0.2, -0.15) is 5.10 Å². The Morgan fingerprint density at radius 2 is 2.15 bits per heavy atom. The molecule has 0 aliphatic rings. The molecule has 0 aromatic carbocycles. The molecule has 0 unspecified atom stereocenters. The molecule has 3 aromatic rings. The minimum atomic E-state index is -3.66. The Kier molecular flexibility index (Phi) is 3.25. The van der Waals surface area contributed by atoms with Gasteiger partial charge in [-0.1, -0.05) is 6.07 Å². The first-order valence-electron chi connectivity index (χ1n) is 5.67. The molecule has 0 spiro atoms. The highest BCUT2D eigenvalue weighted by atomic mass is 32.2. The van der Waals surface area contributed by atoms with E-state index in [1.807, 2.05) is 17.5 Å².